The van der Waals surface area contributed by atoms with Gasteiger partial charge in [0.25, 0.3) is 0 Å². The van der Waals surface area contributed by atoms with Gasteiger partial charge >= 0.3 is 0 Å². The van der Waals surface area contributed by atoms with Crippen molar-refractivity contribution in [3.8, 4) is 5.75 Å². The van der Waals surface area contributed by atoms with Gasteiger partial charge in [0.2, 0.25) is 0 Å². The fraction of sp³-hybridized carbons (Fsp3) is 0.533. The van der Waals surface area contributed by atoms with Crippen LogP contribution >= 0.6 is 0 Å². The lowest BCUT2D eigenvalue weighted by molar-refractivity contribution is 0.0913. The first-order valence-corrected chi connectivity index (χ1v) is 6.53. The van der Waals surface area contributed by atoms with Crippen LogP contribution in [0.5, 0.6) is 5.75 Å². The lowest BCUT2D eigenvalue weighted by atomic mass is 9.93. The Bertz CT molecular complexity index is 401. The number of rotatable bonds is 7. The highest BCUT2D eigenvalue weighted by Gasteiger charge is 2.21. The number of benzene rings is 1. The third kappa shape index (κ3) is 3.33. The molecule has 1 rings (SSSR count). The summed E-state index contributed by atoms with van der Waals surface area (Å²) in [6.07, 6.45) is 1.76. The van der Waals surface area contributed by atoms with Crippen LogP contribution in [0.1, 0.15) is 36.2 Å². The van der Waals surface area contributed by atoms with E-state index in [9.17, 15) is 4.79 Å². The van der Waals surface area contributed by atoms with Gasteiger partial charge in [0.15, 0.2) is 5.78 Å². The van der Waals surface area contributed by atoms with Gasteiger partial charge in [-0.25, -0.2) is 0 Å². The maximum Gasteiger partial charge on any atom is 0.170 e. The van der Waals surface area contributed by atoms with Crippen LogP contribution in [-0.4, -0.2) is 26.5 Å². The van der Waals surface area contributed by atoms with Gasteiger partial charge in [0, 0.05) is 12.5 Å². The Morgan fingerprint density at radius 3 is 2.61 bits per heavy atom. The second-order valence-corrected chi connectivity index (χ2v) is 4.42. The predicted molar refractivity (Wildman–Crippen MR) is 74.4 cm³/mol. The molecule has 0 aromatic heterocycles. The van der Waals surface area contributed by atoms with E-state index in [1.54, 1.807) is 7.11 Å². The maximum absolute atomic E-state index is 12.5. The van der Waals surface area contributed by atoms with E-state index in [0.29, 0.717) is 17.9 Å². The Balaban J connectivity index is 3.08. The number of carbonyl (C=O) groups is 1. The Labute approximate surface area is 110 Å². The topological polar surface area (TPSA) is 38.3 Å². The van der Waals surface area contributed by atoms with E-state index in [4.69, 9.17) is 4.74 Å². The highest BCUT2D eigenvalue weighted by molar-refractivity contribution is 6.00. The molecule has 0 saturated carbocycles. The molecule has 0 amide bonds. The summed E-state index contributed by atoms with van der Waals surface area (Å²) in [5.41, 5.74) is 1.87. The zero-order valence-electron chi connectivity index (χ0n) is 11.7. The first-order valence-electron chi connectivity index (χ1n) is 6.53. The van der Waals surface area contributed by atoms with Crippen LogP contribution in [0.4, 0.5) is 0 Å². The van der Waals surface area contributed by atoms with E-state index >= 15 is 0 Å². The lowest BCUT2D eigenvalue weighted by Gasteiger charge is -2.16. The molecule has 0 radical (unpaired) electrons. The predicted octanol–water partition coefficient (Wildman–Crippen LogP) is 2.69. The molecule has 0 spiro atoms. The van der Waals surface area contributed by atoms with Crippen molar-refractivity contribution in [1.29, 1.82) is 0 Å². The van der Waals surface area contributed by atoms with Crippen LogP contribution < -0.4 is 10.1 Å². The molecule has 0 heterocycles. The van der Waals surface area contributed by atoms with Crippen molar-refractivity contribution in [3.63, 3.8) is 0 Å². The van der Waals surface area contributed by atoms with Crippen LogP contribution in [0.25, 0.3) is 0 Å². The summed E-state index contributed by atoms with van der Waals surface area (Å²) >= 11 is 0. The smallest absolute Gasteiger partial charge is 0.170 e. The lowest BCUT2D eigenvalue weighted by Crippen LogP contribution is -2.26. The van der Waals surface area contributed by atoms with Crippen LogP contribution in [0.2, 0.25) is 0 Å². The van der Waals surface area contributed by atoms with Gasteiger partial charge in [-0.1, -0.05) is 19.9 Å². The number of hydrogen-bond acceptors (Lipinski definition) is 3. The maximum atomic E-state index is 12.5. The molecule has 0 bridgehead atoms. The number of ketones is 1. The van der Waals surface area contributed by atoms with Crippen molar-refractivity contribution in [3.05, 3.63) is 29.3 Å². The molecule has 1 atom stereocenters. The van der Waals surface area contributed by atoms with Gasteiger partial charge in [0.1, 0.15) is 5.75 Å². The number of Topliss-reactive ketones (excluding diaryl/α,β-unsaturated/α-hetero) is 1. The van der Waals surface area contributed by atoms with E-state index in [0.717, 1.165) is 12.8 Å². The van der Waals surface area contributed by atoms with E-state index in [-0.39, 0.29) is 11.7 Å². The van der Waals surface area contributed by atoms with Crippen LogP contribution in [0.3, 0.4) is 0 Å². The van der Waals surface area contributed by atoms with Gasteiger partial charge in [0.05, 0.1) is 12.7 Å². The summed E-state index contributed by atoms with van der Waals surface area (Å²) in [5.74, 6) is 0.849. The average molecular weight is 249 g/mol. The summed E-state index contributed by atoms with van der Waals surface area (Å²) in [6, 6.07) is 5.85. The number of aryl methyl sites for hydroxylation is 1. The van der Waals surface area contributed by atoms with Crippen LogP contribution in [0.15, 0.2) is 18.2 Å². The summed E-state index contributed by atoms with van der Waals surface area (Å²) < 4.78 is 5.30. The number of methoxy groups -OCH3 is 1. The first kappa shape index (κ1) is 14.7. The molecule has 1 aromatic carbocycles. The standard InChI is InChI=1S/C15H23NO2/c1-5-11-7-8-14(18-4)13(9-11)15(17)12(6-2)10-16-3/h7-9,12,16H,5-6,10H2,1-4H3. The normalized spacial score (nSPS) is 12.2. The highest BCUT2D eigenvalue weighted by atomic mass is 16.5. The summed E-state index contributed by atoms with van der Waals surface area (Å²) in [6.45, 7) is 4.83. The minimum atomic E-state index is 0.0102. The van der Waals surface area contributed by atoms with Gasteiger partial charge in [-0.05, 0) is 37.6 Å². The molecular weight excluding hydrogens is 226 g/mol. The van der Waals surface area contributed by atoms with E-state index < -0.39 is 0 Å². The average Bonchev–Trinajstić information content (AvgIpc) is 2.43. The highest BCUT2D eigenvalue weighted by Crippen LogP contribution is 2.24. The molecule has 1 N–H and O–H groups in total. The zero-order chi connectivity index (χ0) is 13.5. The third-order valence-electron chi connectivity index (χ3n) is 3.25. The molecule has 0 fully saturated rings. The molecule has 0 saturated heterocycles. The largest absolute Gasteiger partial charge is 0.496 e. The fourth-order valence-electron chi connectivity index (χ4n) is 2.06. The minimum absolute atomic E-state index is 0.0102. The fourth-order valence-corrected chi connectivity index (χ4v) is 2.06. The summed E-state index contributed by atoms with van der Waals surface area (Å²) in [7, 11) is 3.48. The second-order valence-electron chi connectivity index (χ2n) is 4.42. The van der Waals surface area contributed by atoms with E-state index in [2.05, 4.69) is 12.2 Å². The molecule has 1 unspecified atom stereocenters. The second kappa shape index (κ2) is 7.17. The molecule has 18 heavy (non-hydrogen) atoms. The monoisotopic (exact) mass is 249 g/mol. The Kier molecular flexibility index (Phi) is 5.86. The summed E-state index contributed by atoms with van der Waals surface area (Å²) in [4.78, 5) is 12.5. The molecule has 0 aliphatic carbocycles. The van der Waals surface area contributed by atoms with Crippen molar-refractivity contribution in [2.24, 2.45) is 5.92 Å². The molecule has 1 aromatic rings. The molecule has 100 valence electrons. The van der Waals surface area contributed by atoms with Crippen molar-refractivity contribution >= 4 is 5.78 Å². The number of ether oxygens (including phenoxy) is 1. The molecule has 3 nitrogen and oxygen atoms in total. The van der Waals surface area contributed by atoms with Crippen LogP contribution in [-0.2, 0) is 6.42 Å². The van der Waals surface area contributed by atoms with Gasteiger partial charge in [-0.3, -0.25) is 4.79 Å². The quantitative estimate of drug-likeness (QED) is 0.755. The van der Waals surface area contributed by atoms with E-state index in [1.165, 1.54) is 5.56 Å². The van der Waals surface area contributed by atoms with E-state index in [1.807, 2.05) is 32.2 Å². The Hall–Kier alpha value is -1.35. The number of carbonyl (C=O) groups excluding carboxylic acids is 1. The van der Waals surface area contributed by atoms with Crippen molar-refractivity contribution in [1.82, 2.24) is 5.32 Å². The van der Waals surface area contributed by atoms with Gasteiger partial charge < -0.3 is 10.1 Å². The van der Waals surface area contributed by atoms with Crippen LogP contribution in [0, 0.1) is 5.92 Å². The first-order chi connectivity index (χ1) is 8.67. The SMILES string of the molecule is CCc1ccc(OC)c(C(=O)C(CC)CNC)c1. The third-order valence-corrected chi connectivity index (χ3v) is 3.25. The zero-order valence-corrected chi connectivity index (χ0v) is 11.7. The number of nitrogens with one attached hydrogen (secondary N) is 1. The van der Waals surface area contributed by atoms with Crippen molar-refractivity contribution in [2.45, 2.75) is 26.7 Å². The Morgan fingerprint density at radius 2 is 2.11 bits per heavy atom. The molecular formula is C15H23NO2. The van der Waals surface area contributed by atoms with Gasteiger partial charge in [-0.2, -0.15) is 0 Å². The van der Waals surface area contributed by atoms with Crippen molar-refractivity contribution < 1.29 is 9.53 Å². The minimum Gasteiger partial charge on any atom is -0.496 e. The van der Waals surface area contributed by atoms with Gasteiger partial charge in [-0.15, -0.1) is 0 Å². The summed E-state index contributed by atoms with van der Waals surface area (Å²) in [5, 5.41) is 3.07. The molecule has 0 aliphatic heterocycles. The Morgan fingerprint density at radius 1 is 1.39 bits per heavy atom. The number of hydrogen-bond donors (Lipinski definition) is 1. The molecule has 0 aliphatic rings. The molecule has 3 heteroatoms. The van der Waals surface area contributed by atoms with Crippen molar-refractivity contribution in [2.75, 3.05) is 20.7 Å².